The minimum absolute atomic E-state index is 1.05. The summed E-state index contributed by atoms with van der Waals surface area (Å²) >= 11 is 3.43. The molecule has 0 fully saturated rings. The van der Waals surface area contributed by atoms with Gasteiger partial charge in [-0.1, -0.05) is 52.1 Å². The molecule has 0 bridgehead atoms. The Kier molecular flexibility index (Phi) is 3.42. The second-order valence-corrected chi connectivity index (χ2v) is 4.32. The minimum atomic E-state index is 1.05. The molecule has 0 heterocycles. The van der Waals surface area contributed by atoms with E-state index in [9.17, 15) is 0 Å². The first-order chi connectivity index (χ1) is 7.34. The molecule has 0 saturated heterocycles. The molecule has 0 spiro atoms. The van der Waals surface area contributed by atoms with Gasteiger partial charge in [0.1, 0.15) is 0 Å². The first-order valence-electron chi connectivity index (χ1n) is 4.99. The van der Waals surface area contributed by atoms with Crippen molar-refractivity contribution in [1.29, 1.82) is 0 Å². The summed E-state index contributed by atoms with van der Waals surface area (Å²) < 4.78 is 1.07. The van der Waals surface area contributed by atoms with Gasteiger partial charge in [0.05, 0.1) is 0 Å². The molecule has 0 aliphatic heterocycles. The fourth-order valence-electron chi connectivity index (χ4n) is 1.42. The quantitative estimate of drug-likeness (QED) is 0.616. The average Bonchev–Trinajstić information content (AvgIpc) is 2.28. The molecule has 0 radical (unpaired) electrons. The molecule has 1 aromatic rings. The van der Waals surface area contributed by atoms with Crippen molar-refractivity contribution in [2.75, 3.05) is 0 Å². The number of rotatable bonds is 0. The van der Waals surface area contributed by atoms with Crippen LogP contribution in [0.4, 0.5) is 0 Å². The Morgan fingerprint density at radius 1 is 1.13 bits per heavy atom. The summed E-state index contributed by atoms with van der Waals surface area (Å²) in [6, 6.07) is 8.05. The summed E-state index contributed by atoms with van der Waals surface area (Å²) in [5.74, 6) is 6.32. The highest BCUT2D eigenvalue weighted by atomic mass is 79.9. The molecule has 0 N–H and O–H groups in total. The van der Waals surface area contributed by atoms with Crippen LogP contribution in [-0.2, 0) is 0 Å². The monoisotopic (exact) mass is 258 g/mol. The Morgan fingerprint density at radius 3 is 2.80 bits per heavy atom. The first kappa shape index (κ1) is 10.3. The Morgan fingerprint density at radius 2 is 2.07 bits per heavy atom. The van der Waals surface area contributed by atoms with E-state index >= 15 is 0 Å². The van der Waals surface area contributed by atoms with Gasteiger partial charge in [0.25, 0.3) is 0 Å². The van der Waals surface area contributed by atoms with Gasteiger partial charge in [-0.2, -0.15) is 0 Å². The second-order valence-electron chi connectivity index (χ2n) is 3.40. The molecule has 0 nitrogen and oxygen atoms in total. The van der Waals surface area contributed by atoms with E-state index in [1.807, 2.05) is 24.3 Å². The molecule has 15 heavy (non-hydrogen) atoms. The van der Waals surface area contributed by atoms with Crippen molar-refractivity contribution in [2.45, 2.75) is 12.8 Å². The minimum Gasteiger partial charge on any atom is -0.0830 e. The normalized spacial score (nSPS) is 14.1. The topological polar surface area (TPSA) is 0 Å². The maximum absolute atomic E-state index is 3.43. The van der Waals surface area contributed by atoms with E-state index in [2.05, 4.69) is 46.0 Å². The van der Waals surface area contributed by atoms with Crippen LogP contribution < -0.4 is 0 Å². The van der Waals surface area contributed by atoms with Crippen molar-refractivity contribution in [3.63, 3.8) is 0 Å². The van der Waals surface area contributed by atoms with Gasteiger partial charge in [0, 0.05) is 15.6 Å². The number of halogens is 1. The van der Waals surface area contributed by atoms with Gasteiger partial charge in [-0.3, -0.25) is 0 Å². The fraction of sp³-hybridized carbons (Fsp3) is 0.143. The van der Waals surface area contributed by atoms with Crippen LogP contribution in [0.3, 0.4) is 0 Å². The Bertz CT molecular complexity index is 470. The van der Waals surface area contributed by atoms with Crippen LogP contribution in [0.1, 0.15) is 18.4 Å². The maximum Gasteiger partial charge on any atom is 0.0260 e. The van der Waals surface area contributed by atoms with E-state index < -0.39 is 0 Å². The SMILES string of the molecule is Brc1cccc(C#CC2=CCCC=C2)c1. The molecule has 1 heteroatoms. The van der Waals surface area contributed by atoms with Crippen LogP contribution in [0.5, 0.6) is 0 Å². The zero-order valence-corrected chi connectivity index (χ0v) is 9.92. The third-order valence-corrected chi connectivity index (χ3v) is 2.66. The zero-order chi connectivity index (χ0) is 10.5. The van der Waals surface area contributed by atoms with Crippen LogP contribution in [0.2, 0.25) is 0 Å². The molecule has 2 rings (SSSR count). The van der Waals surface area contributed by atoms with E-state index in [-0.39, 0.29) is 0 Å². The molecule has 74 valence electrons. The first-order valence-corrected chi connectivity index (χ1v) is 5.78. The van der Waals surface area contributed by atoms with E-state index in [0.29, 0.717) is 0 Å². The highest BCUT2D eigenvalue weighted by Crippen LogP contribution is 2.12. The van der Waals surface area contributed by atoms with Crippen molar-refractivity contribution in [2.24, 2.45) is 0 Å². The summed E-state index contributed by atoms with van der Waals surface area (Å²) in [6.07, 6.45) is 8.70. The van der Waals surface area contributed by atoms with Crippen LogP contribution in [0.15, 0.2) is 52.5 Å². The van der Waals surface area contributed by atoms with Crippen LogP contribution in [0, 0.1) is 11.8 Å². The highest BCUT2D eigenvalue weighted by Gasteiger charge is 1.92. The van der Waals surface area contributed by atoms with Crippen molar-refractivity contribution in [1.82, 2.24) is 0 Å². The number of hydrogen-bond donors (Lipinski definition) is 0. The maximum atomic E-state index is 3.43. The predicted octanol–water partition coefficient (Wildman–Crippen LogP) is 4.08. The summed E-state index contributed by atoms with van der Waals surface area (Å²) in [5.41, 5.74) is 2.17. The summed E-state index contributed by atoms with van der Waals surface area (Å²) in [7, 11) is 0. The van der Waals surface area contributed by atoms with Crippen molar-refractivity contribution in [3.05, 3.63) is 58.1 Å². The van der Waals surface area contributed by atoms with Crippen molar-refractivity contribution < 1.29 is 0 Å². The van der Waals surface area contributed by atoms with Gasteiger partial charge in [0.15, 0.2) is 0 Å². The molecular formula is C14H11Br. The molecule has 1 aliphatic rings. The van der Waals surface area contributed by atoms with E-state index in [1.165, 1.54) is 0 Å². The smallest absolute Gasteiger partial charge is 0.0260 e. The van der Waals surface area contributed by atoms with Gasteiger partial charge in [-0.25, -0.2) is 0 Å². The lowest BCUT2D eigenvalue weighted by Gasteiger charge is -1.97. The molecule has 0 atom stereocenters. The lowest BCUT2D eigenvalue weighted by atomic mass is 10.1. The average molecular weight is 259 g/mol. The van der Waals surface area contributed by atoms with Gasteiger partial charge >= 0.3 is 0 Å². The van der Waals surface area contributed by atoms with E-state index in [4.69, 9.17) is 0 Å². The molecule has 0 unspecified atom stereocenters. The molecule has 0 aromatic heterocycles. The Labute approximate surface area is 98.8 Å². The Hall–Kier alpha value is -1.26. The molecule has 0 amide bonds. The van der Waals surface area contributed by atoms with E-state index in [0.717, 1.165) is 28.5 Å². The molecule has 0 saturated carbocycles. The lowest BCUT2D eigenvalue weighted by Crippen LogP contribution is -1.81. The third-order valence-electron chi connectivity index (χ3n) is 2.17. The second kappa shape index (κ2) is 5.00. The van der Waals surface area contributed by atoms with Crippen molar-refractivity contribution in [3.8, 4) is 11.8 Å². The van der Waals surface area contributed by atoms with Gasteiger partial charge < -0.3 is 0 Å². The van der Waals surface area contributed by atoms with Gasteiger partial charge in [-0.05, 0) is 31.0 Å². The highest BCUT2D eigenvalue weighted by molar-refractivity contribution is 9.10. The zero-order valence-electron chi connectivity index (χ0n) is 8.33. The largest absolute Gasteiger partial charge is 0.0830 e. The standard InChI is InChI=1S/C14H11Br/c15-14-8-4-7-13(11-14)10-9-12-5-2-1-3-6-12/h2,4-8,11H,1,3H2. The number of allylic oxidation sites excluding steroid dienone is 4. The summed E-state index contributed by atoms with van der Waals surface area (Å²) in [6.45, 7) is 0. The predicted molar refractivity (Wildman–Crippen MR) is 67.5 cm³/mol. The van der Waals surface area contributed by atoms with Gasteiger partial charge in [0.2, 0.25) is 0 Å². The van der Waals surface area contributed by atoms with E-state index in [1.54, 1.807) is 0 Å². The number of hydrogen-bond acceptors (Lipinski definition) is 0. The molecular weight excluding hydrogens is 248 g/mol. The van der Waals surface area contributed by atoms with Crippen LogP contribution in [-0.4, -0.2) is 0 Å². The Balaban J connectivity index is 2.18. The molecule has 1 aromatic carbocycles. The van der Waals surface area contributed by atoms with Crippen molar-refractivity contribution >= 4 is 15.9 Å². The molecule has 1 aliphatic carbocycles. The van der Waals surface area contributed by atoms with Gasteiger partial charge in [-0.15, -0.1) is 0 Å². The summed E-state index contributed by atoms with van der Waals surface area (Å²) in [4.78, 5) is 0. The number of benzene rings is 1. The summed E-state index contributed by atoms with van der Waals surface area (Å²) in [5, 5.41) is 0. The van der Waals surface area contributed by atoms with Crippen LogP contribution in [0.25, 0.3) is 0 Å². The fourth-order valence-corrected chi connectivity index (χ4v) is 1.82. The third kappa shape index (κ3) is 3.11. The van der Waals surface area contributed by atoms with Crippen LogP contribution >= 0.6 is 15.9 Å². The lowest BCUT2D eigenvalue weighted by molar-refractivity contribution is 1.03.